The molecule has 174 valence electrons. The van der Waals surface area contributed by atoms with Crippen molar-refractivity contribution in [2.45, 2.75) is 38.5 Å². The van der Waals surface area contributed by atoms with Gasteiger partial charge in [0.2, 0.25) is 12.2 Å². The van der Waals surface area contributed by atoms with Gasteiger partial charge in [-0.25, -0.2) is 17.6 Å². The lowest BCUT2D eigenvalue weighted by Gasteiger charge is -2.32. The molecule has 1 aliphatic rings. The number of piperidine rings is 1. The molecule has 0 spiro atoms. The van der Waals surface area contributed by atoms with Crippen molar-refractivity contribution in [3.05, 3.63) is 17.5 Å². The second kappa shape index (κ2) is 11.6. The van der Waals surface area contributed by atoms with Gasteiger partial charge in [-0.05, 0) is 18.9 Å². The number of carbonyl (C=O) groups is 2. The number of amides is 1. The summed E-state index contributed by atoms with van der Waals surface area (Å²) < 4.78 is 62.0. The number of thioether (sulfide) groups is 1. The number of rotatable bonds is 10. The van der Waals surface area contributed by atoms with Gasteiger partial charge in [-0.2, -0.15) is 5.10 Å². The third-order valence-corrected chi connectivity index (χ3v) is 5.91. The van der Waals surface area contributed by atoms with Gasteiger partial charge in [0.05, 0.1) is 10.8 Å². The Morgan fingerprint density at radius 2 is 1.81 bits per heavy atom. The van der Waals surface area contributed by atoms with Crippen molar-refractivity contribution in [1.29, 1.82) is 5.41 Å². The van der Waals surface area contributed by atoms with E-state index in [1.54, 1.807) is 0 Å². The predicted molar refractivity (Wildman–Crippen MR) is 104 cm³/mol. The summed E-state index contributed by atoms with van der Waals surface area (Å²) in [6.45, 7) is 0.00542. The van der Waals surface area contributed by atoms with E-state index in [9.17, 15) is 27.2 Å². The van der Waals surface area contributed by atoms with E-state index in [-0.39, 0.29) is 30.5 Å². The van der Waals surface area contributed by atoms with Crippen LogP contribution in [-0.4, -0.2) is 70.8 Å². The van der Waals surface area contributed by atoms with Crippen molar-refractivity contribution in [2.75, 3.05) is 33.1 Å². The predicted octanol–water partition coefficient (Wildman–Crippen LogP) is 2.90. The van der Waals surface area contributed by atoms with E-state index < -0.39 is 43.0 Å². The number of aromatic nitrogens is 2. The molecule has 8 nitrogen and oxygen atoms in total. The molecule has 31 heavy (non-hydrogen) atoms. The first kappa shape index (κ1) is 25.3. The number of hydrogen-bond acceptors (Lipinski definition) is 7. The van der Waals surface area contributed by atoms with Crippen LogP contribution in [0.2, 0.25) is 0 Å². The summed E-state index contributed by atoms with van der Waals surface area (Å²) in [5.74, 6) is -0.935. The minimum atomic E-state index is -3.03. The van der Waals surface area contributed by atoms with Crippen molar-refractivity contribution in [2.24, 2.45) is 5.92 Å². The lowest BCUT2D eigenvalue weighted by atomic mass is 9.98. The molecule has 1 aromatic heterocycles. The Morgan fingerprint density at radius 3 is 2.32 bits per heavy atom. The standard InChI is InChI=1S/C18H24F4N4O4S/c1-29-18(30-2)13(27)9-31-17(23)10-3-5-25(6-4-10)14(28)8-26-12(16(21)22)7-11(24-26)15(19)20/h7,10,15-16,18,23H,3-6,8-9H2,1-2H3. The molecular formula is C18H24F4N4O4S. The van der Waals surface area contributed by atoms with E-state index >= 15 is 0 Å². The van der Waals surface area contributed by atoms with Gasteiger partial charge in [-0.15, -0.1) is 11.8 Å². The van der Waals surface area contributed by atoms with E-state index in [0.29, 0.717) is 28.6 Å². The minimum absolute atomic E-state index is 0.0203. The number of nitrogens with one attached hydrogen (secondary N) is 1. The third kappa shape index (κ3) is 6.74. The van der Waals surface area contributed by atoms with E-state index in [0.717, 1.165) is 11.8 Å². The van der Waals surface area contributed by atoms with Crippen LogP contribution in [0.25, 0.3) is 0 Å². The molecule has 0 atom stereocenters. The molecule has 1 N–H and O–H groups in total. The molecule has 0 aromatic carbocycles. The van der Waals surface area contributed by atoms with Crippen LogP contribution in [0.4, 0.5) is 17.6 Å². The van der Waals surface area contributed by atoms with Crippen molar-refractivity contribution in [3.8, 4) is 0 Å². The van der Waals surface area contributed by atoms with Crippen LogP contribution in [0, 0.1) is 11.3 Å². The Balaban J connectivity index is 1.86. The highest BCUT2D eigenvalue weighted by atomic mass is 32.2. The van der Waals surface area contributed by atoms with Gasteiger partial charge in [0.25, 0.3) is 12.9 Å². The maximum absolute atomic E-state index is 13.1. The number of likely N-dealkylation sites (tertiary alicyclic amines) is 1. The molecule has 2 rings (SSSR count). The lowest BCUT2D eigenvalue weighted by Crippen LogP contribution is -2.41. The summed E-state index contributed by atoms with van der Waals surface area (Å²) >= 11 is 1.07. The van der Waals surface area contributed by atoms with Crippen LogP contribution in [-0.2, 0) is 25.6 Å². The van der Waals surface area contributed by atoms with E-state index in [1.807, 2.05) is 0 Å². The van der Waals surface area contributed by atoms with Crippen LogP contribution in [0.5, 0.6) is 0 Å². The second-order valence-electron chi connectivity index (χ2n) is 6.83. The summed E-state index contributed by atoms with van der Waals surface area (Å²) in [6.07, 6.45) is -6.09. The van der Waals surface area contributed by atoms with Crippen molar-refractivity contribution < 1.29 is 36.6 Å². The molecular weight excluding hydrogens is 444 g/mol. The molecule has 0 radical (unpaired) electrons. The highest BCUT2D eigenvalue weighted by Crippen LogP contribution is 2.27. The molecule has 0 bridgehead atoms. The van der Waals surface area contributed by atoms with Crippen LogP contribution < -0.4 is 0 Å². The largest absolute Gasteiger partial charge is 0.349 e. The number of ether oxygens (including phenoxy) is 2. The monoisotopic (exact) mass is 468 g/mol. The Morgan fingerprint density at radius 1 is 1.19 bits per heavy atom. The maximum Gasteiger partial charge on any atom is 0.282 e. The zero-order valence-corrected chi connectivity index (χ0v) is 17.8. The summed E-state index contributed by atoms with van der Waals surface area (Å²) in [6, 6.07) is 0.604. The first-order valence-electron chi connectivity index (χ1n) is 9.39. The average molecular weight is 468 g/mol. The number of halogens is 4. The summed E-state index contributed by atoms with van der Waals surface area (Å²) in [7, 11) is 2.69. The fourth-order valence-electron chi connectivity index (χ4n) is 3.17. The number of carbonyl (C=O) groups excluding carboxylic acids is 2. The minimum Gasteiger partial charge on any atom is -0.349 e. The maximum atomic E-state index is 13.1. The van der Waals surface area contributed by atoms with Crippen LogP contribution >= 0.6 is 11.8 Å². The Kier molecular flexibility index (Phi) is 9.44. The van der Waals surface area contributed by atoms with Crippen molar-refractivity contribution in [1.82, 2.24) is 14.7 Å². The van der Waals surface area contributed by atoms with Gasteiger partial charge < -0.3 is 14.4 Å². The Labute approximate surface area is 180 Å². The third-order valence-electron chi connectivity index (χ3n) is 4.84. The van der Waals surface area contributed by atoms with Gasteiger partial charge >= 0.3 is 0 Å². The number of alkyl halides is 4. The summed E-state index contributed by atoms with van der Waals surface area (Å²) in [5.41, 5.74) is -1.53. The molecule has 1 aliphatic heterocycles. The van der Waals surface area contributed by atoms with Crippen LogP contribution in [0.15, 0.2) is 6.07 Å². The molecule has 1 aromatic rings. The molecule has 1 amide bonds. The molecule has 2 heterocycles. The molecule has 13 heteroatoms. The smallest absolute Gasteiger partial charge is 0.282 e. The second-order valence-corrected chi connectivity index (χ2v) is 7.85. The number of hydrogen-bond donors (Lipinski definition) is 1. The average Bonchev–Trinajstić information content (AvgIpc) is 3.17. The molecule has 0 unspecified atom stereocenters. The molecule has 1 saturated heterocycles. The van der Waals surface area contributed by atoms with Crippen LogP contribution in [0.3, 0.4) is 0 Å². The van der Waals surface area contributed by atoms with Gasteiger partial charge in [0, 0.05) is 33.2 Å². The van der Waals surface area contributed by atoms with Gasteiger partial charge in [-0.1, -0.05) is 0 Å². The first-order valence-corrected chi connectivity index (χ1v) is 10.4. The van der Waals surface area contributed by atoms with Crippen LogP contribution in [0.1, 0.15) is 37.1 Å². The Hall–Kier alpha value is -1.99. The van der Waals surface area contributed by atoms with Gasteiger partial charge in [-0.3, -0.25) is 19.7 Å². The van der Waals surface area contributed by atoms with E-state index in [1.165, 1.54) is 19.1 Å². The van der Waals surface area contributed by atoms with E-state index in [4.69, 9.17) is 14.9 Å². The number of ketones is 1. The fraction of sp³-hybridized carbons (Fsp3) is 0.667. The number of Topliss-reactive ketones (excluding diaryl/α,β-unsaturated/α-hetero) is 1. The highest BCUT2D eigenvalue weighted by Gasteiger charge is 2.28. The topological polar surface area (TPSA) is 97.5 Å². The summed E-state index contributed by atoms with van der Waals surface area (Å²) in [4.78, 5) is 25.8. The highest BCUT2D eigenvalue weighted by molar-refractivity contribution is 8.14. The molecule has 1 fully saturated rings. The quantitative estimate of drug-likeness (QED) is 0.246. The Bertz CT molecular complexity index is 781. The zero-order valence-electron chi connectivity index (χ0n) is 17.0. The van der Waals surface area contributed by atoms with Crippen molar-refractivity contribution >= 4 is 28.5 Å². The normalized spacial score (nSPS) is 15.3. The SMILES string of the molecule is COC(OC)C(=O)CSC(=N)C1CCN(C(=O)Cn2nc(C(F)F)cc2C(F)F)CC1. The zero-order chi connectivity index (χ0) is 23.1. The number of methoxy groups -OCH3 is 2. The number of nitrogens with zero attached hydrogens (tertiary/aromatic N) is 3. The van der Waals surface area contributed by atoms with Gasteiger partial charge in [0.1, 0.15) is 17.9 Å². The van der Waals surface area contributed by atoms with Gasteiger partial charge in [0.15, 0.2) is 5.78 Å². The van der Waals surface area contributed by atoms with E-state index in [2.05, 4.69) is 5.10 Å². The summed E-state index contributed by atoms with van der Waals surface area (Å²) in [5, 5.41) is 11.9. The lowest BCUT2D eigenvalue weighted by molar-refractivity contribution is -0.153. The first-order chi connectivity index (χ1) is 14.7. The fourth-order valence-corrected chi connectivity index (χ4v) is 4.08. The molecule has 0 aliphatic carbocycles. The molecule has 0 saturated carbocycles. The van der Waals surface area contributed by atoms with Crippen molar-refractivity contribution in [3.63, 3.8) is 0 Å².